The number of carboxylic acid groups (broad SMARTS) is 1. The summed E-state index contributed by atoms with van der Waals surface area (Å²) in [5.74, 6) is -0.599. The van der Waals surface area contributed by atoms with Crippen LogP contribution in [0.1, 0.15) is 58.3 Å². The average Bonchev–Trinajstić information content (AvgIpc) is 2.72. The second-order valence-electron chi connectivity index (χ2n) is 8.02. The summed E-state index contributed by atoms with van der Waals surface area (Å²) in [6.07, 6.45) is 7.14. The second-order valence-corrected chi connectivity index (χ2v) is 8.02. The minimum atomic E-state index is -0.929. The number of rotatable bonds is 9. The third kappa shape index (κ3) is 6.21. The topological polar surface area (TPSA) is 107 Å². The normalized spacial score (nSPS) is 19.7. The summed E-state index contributed by atoms with van der Waals surface area (Å²) >= 11 is 0. The molecule has 1 atom stereocenters. The summed E-state index contributed by atoms with van der Waals surface area (Å²) in [5, 5.41) is 11.8. The summed E-state index contributed by atoms with van der Waals surface area (Å²) in [5.41, 5.74) is 0. The van der Waals surface area contributed by atoms with E-state index in [4.69, 9.17) is 5.11 Å². The summed E-state index contributed by atoms with van der Waals surface area (Å²) in [7, 11) is 0. The fourth-order valence-corrected chi connectivity index (χ4v) is 4.29. The van der Waals surface area contributed by atoms with Gasteiger partial charge in [-0.3, -0.25) is 14.4 Å². The maximum atomic E-state index is 12.6. The van der Waals surface area contributed by atoms with Crippen molar-refractivity contribution >= 4 is 24.2 Å². The number of hydrogen-bond acceptors (Lipinski definition) is 4. The van der Waals surface area contributed by atoms with Crippen molar-refractivity contribution in [1.82, 2.24) is 15.1 Å². The summed E-state index contributed by atoms with van der Waals surface area (Å²) < 4.78 is 0. The molecule has 158 valence electrons. The molecule has 28 heavy (non-hydrogen) atoms. The first-order valence-electron chi connectivity index (χ1n) is 10.5. The molecule has 1 saturated heterocycles. The Morgan fingerprint density at radius 2 is 1.75 bits per heavy atom. The minimum absolute atomic E-state index is 0.132. The van der Waals surface area contributed by atoms with Crippen LogP contribution in [-0.4, -0.2) is 71.3 Å². The van der Waals surface area contributed by atoms with Crippen molar-refractivity contribution < 1.29 is 24.3 Å². The van der Waals surface area contributed by atoms with Crippen molar-refractivity contribution in [2.75, 3.05) is 26.2 Å². The summed E-state index contributed by atoms with van der Waals surface area (Å²) in [6, 6.07) is -0.763. The minimum Gasteiger partial charge on any atom is -0.465 e. The molecule has 1 saturated carbocycles. The molecule has 0 bridgehead atoms. The van der Waals surface area contributed by atoms with Crippen LogP contribution in [0, 0.1) is 11.8 Å². The van der Waals surface area contributed by atoms with Gasteiger partial charge in [0.2, 0.25) is 12.2 Å². The van der Waals surface area contributed by atoms with Crippen LogP contribution in [0.15, 0.2) is 0 Å². The van der Waals surface area contributed by atoms with Crippen molar-refractivity contribution in [3.63, 3.8) is 0 Å². The fourth-order valence-electron chi connectivity index (χ4n) is 4.29. The van der Waals surface area contributed by atoms with Crippen molar-refractivity contribution in [3.05, 3.63) is 0 Å². The van der Waals surface area contributed by atoms with Gasteiger partial charge in [0.05, 0.1) is 6.04 Å². The Morgan fingerprint density at radius 1 is 1.11 bits per heavy atom. The lowest BCUT2D eigenvalue weighted by atomic mass is 9.89. The third-order valence-corrected chi connectivity index (χ3v) is 6.08. The number of piperidine rings is 1. The molecule has 8 heteroatoms. The van der Waals surface area contributed by atoms with E-state index in [1.165, 1.54) is 29.1 Å². The van der Waals surface area contributed by atoms with Crippen molar-refractivity contribution in [1.29, 1.82) is 0 Å². The molecule has 8 nitrogen and oxygen atoms in total. The van der Waals surface area contributed by atoms with Crippen LogP contribution in [-0.2, 0) is 14.4 Å². The van der Waals surface area contributed by atoms with Crippen LogP contribution in [0.2, 0.25) is 0 Å². The Balaban J connectivity index is 1.85. The quantitative estimate of drug-likeness (QED) is 0.458. The van der Waals surface area contributed by atoms with Gasteiger partial charge in [-0.15, -0.1) is 0 Å². The van der Waals surface area contributed by atoms with Gasteiger partial charge in [0.15, 0.2) is 0 Å². The average molecular weight is 396 g/mol. The summed E-state index contributed by atoms with van der Waals surface area (Å²) in [6.45, 7) is 3.55. The highest BCUT2D eigenvalue weighted by atomic mass is 16.4. The molecule has 1 aliphatic carbocycles. The van der Waals surface area contributed by atoms with Crippen LogP contribution >= 0.6 is 0 Å². The first kappa shape index (κ1) is 22.2. The standard InChI is InChI=1S/C20H33N3O5/c1-2-17(18(25)19(26)21-12-15-6-4-3-5-7-15)23(14-24)13-16-8-10-22(11-9-16)20(27)28/h14-17H,2-13H2,1H3,(H,21,26)(H,27,28). The Kier molecular flexibility index (Phi) is 8.73. The van der Waals surface area contributed by atoms with Gasteiger partial charge in [0.25, 0.3) is 5.91 Å². The van der Waals surface area contributed by atoms with E-state index in [-0.39, 0.29) is 5.92 Å². The lowest BCUT2D eigenvalue weighted by Crippen LogP contribution is -2.50. The van der Waals surface area contributed by atoms with Gasteiger partial charge in [0, 0.05) is 26.2 Å². The zero-order chi connectivity index (χ0) is 20.5. The Hall–Kier alpha value is -2.12. The Morgan fingerprint density at radius 3 is 2.29 bits per heavy atom. The molecule has 3 amide bonds. The molecule has 2 aliphatic rings. The SMILES string of the molecule is CCC(C(=O)C(=O)NCC1CCCCC1)N(C=O)CC1CCN(C(=O)O)CC1. The number of nitrogens with zero attached hydrogens (tertiary/aromatic N) is 2. The first-order valence-corrected chi connectivity index (χ1v) is 10.5. The molecule has 0 aromatic carbocycles. The van der Waals surface area contributed by atoms with Crippen molar-refractivity contribution in [2.24, 2.45) is 11.8 Å². The van der Waals surface area contributed by atoms with E-state index >= 15 is 0 Å². The molecule has 1 heterocycles. The van der Waals surface area contributed by atoms with Gasteiger partial charge >= 0.3 is 6.09 Å². The maximum absolute atomic E-state index is 12.6. The van der Waals surface area contributed by atoms with Gasteiger partial charge in [0.1, 0.15) is 0 Å². The van der Waals surface area contributed by atoms with Crippen LogP contribution < -0.4 is 5.32 Å². The van der Waals surface area contributed by atoms with Gasteiger partial charge < -0.3 is 20.2 Å². The van der Waals surface area contributed by atoms with Crippen LogP contribution in [0.25, 0.3) is 0 Å². The van der Waals surface area contributed by atoms with Crippen molar-refractivity contribution in [2.45, 2.75) is 64.3 Å². The van der Waals surface area contributed by atoms with Gasteiger partial charge in [-0.2, -0.15) is 0 Å². The zero-order valence-electron chi connectivity index (χ0n) is 16.8. The van der Waals surface area contributed by atoms with Crippen LogP contribution in [0.4, 0.5) is 4.79 Å². The van der Waals surface area contributed by atoms with Gasteiger partial charge in [-0.05, 0) is 43.9 Å². The number of likely N-dealkylation sites (tertiary alicyclic amines) is 1. The van der Waals surface area contributed by atoms with E-state index in [0.717, 1.165) is 12.8 Å². The fraction of sp³-hybridized carbons (Fsp3) is 0.800. The molecule has 2 fully saturated rings. The molecule has 1 unspecified atom stereocenters. The largest absolute Gasteiger partial charge is 0.465 e. The Bertz CT molecular complexity index is 554. The highest BCUT2D eigenvalue weighted by molar-refractivity contribution is 6.38. The smallest absolute Gasteiger partial charge is 0.407 e. The van der Waals surface area contributed by atoms with E-state index in [1.807, 2.05) is 0 Å². The lowest BCUT2D eigenvalue weighted by molar-refractivity contribution is -0.143. The molecule has 1 aliphatic heterocycles. The number of carbonyl (C=O) groups excluding carboxylic acids is 3. The van der Waals surface area contributed by atoms with E-state index in [1.54, 1.807) is 6.92 Å². The second kappa shape index (κ2) is 11.0. The highest BCUT2D eigenvalue weighted by Crippen LogP contribution is 2.23. The molecule has 2 N–H and O–H groups in total. The number of carbonyl (C=O) groups is 4. The number of Topliss-reactive ketones (excluding diaryl/α,β-unsaturated/α-hetero) is 1. The number of ketones is 1. The molecule has 0 aromatic rings. The molecule has 2 rings (SSSR count). The van der Waals surface area contributed by atoms with Gasteiger partial charge in [-0.25, -0.2) is 4.79 Å². The predicted octanol–water partition coefficient (Wildman–Crippen LogP) is 1.88. The Labute approximate surface area is 166 Å². The molecule has 0 spiro atoms. The van der Waals surface area contributed by atoms with E-state index < -0.39 is 23.8 Å². The molecular weight excluding hydrogens is 362 g/mol. The molecular formula is C20H33N3O5. The van der Waals surface area contributed by atoms with E-state index in [2.05, 4.69) is 5.32 Å². The van der Waals surface area contributed by atoms with E-state index in [0.29, 0.717) is 57.8 Å². The predicted molar refractivity (Wildman–Crippen MR) is 104 cm³/mol. The zero-order valence-corrected chi connectivity index (χ0v) is 16.8. The van der Waals surface area contributed by atoms with Gasteiger partial charge in [-0.1, -0.05) is 26.2 Å². The van der Waals surface area contributed by atoms with Crippen LogP contribution in [0.5, 0.6) is 0 Å². The first-order chi connectivity index (χ1) is 13.5. The molecule has 0 radical (unpaired) electrons. The van der Waals surface area contributed by atoms with E-state index in [9.17, 15) is 19.2 Å². The van der Waals surface area contributed by atoms with Crippen molar-refractivity contribution in [3.8, 4) is 0 Å². The molecule has 0 aromatic heterocycles. The number of amides is 3. The number of hydrogen-bond donors (Lipinski definition) is 2. The van der Waals surface area contributed by atoms with Crippen LogP contribution in [0.3, 0.4) is 0 Å². The summed E-state index contributed by atoms with van der Waals surface area (Å²) in [4.78, 5) is 50.4. The highest BCUT2D eigenvalue weighted by Gasteiger charge is 2.32. The monoisotopic (exact) mass is 395 g/mol. The lowest BCUT2D eigenvalue weighted by Gasteiger charge is -2.34. The maximum Gasteiger partial charge on any atom is 0.407 e. The third-order valence-electron chi connectivity index (χ3n) is 6.08. The number of nitrogens with one attached hydrogen (secondary N) is 1.